The van der Waals surface area contributed by atoms with Crippen LogP contribution in [0.5, 0.6) is 11.5 Å². The first kappa shape index (κ1) is 18.5. The highest BCUT2D eigenvalue weighted by molar-refractivity contribution is 5.38. The molecule has 0 bridgehead atoms. The maximum Gasteiger partial charge on any atom is 0.122 e. The maximum atomic E-state index is 6.12. The summed E-state index contributed by atoms with van der Waals surface area (Å²) in [5.74, 6) is 2.24. The van der Waals surface area contributed by atoms with Crippen LogP contribution in [-0.4, -0.2) is 83.2 Å². The third-order valence-electron chi connectivity index (χ3n) is 5.12. The fourth-order valence-corrected chi connectivity index (χ4v) is 3.82. The smallest absolute Gasteiger partial charge is 0.122 e. The fourth-order valence-electron chi connectivity index (χ4n) is 3.82. The molecule has 0 saturated carbocycles. The van der Waals surface area contributed by atoms with Gasteiger partial charge in [0.2, 0.25) is 0 Å². The van der Waals surface area contributed by atoms with Gasteiger partial charge in [-0.2, -0.15) is 0 Å². The van der Waals surface area contributed by atoms with Crippen molar-refractivity contribution in [3.05, 3.63) is 23.8 Å². The summed E-state index contributed by atoms with van der Waals surface area (Å²) < 4.78 is 22.1. The van der Waals surface area contributed by atoms with Crippen molar-refractivity contribution in [3.63, 3.8) is 0 Å². The standard InChI is InChI=1S/C19H30N2O4/c1-22-6-4-20-5-7-25-19-14-21(13-16(19)12-20)11-15-8-17(23-2)10-18(9-15)24-3/h8-10,16,19H,4-7,11-14H2,1-3H3/t16-,19+/m0/s1. The summed E-state index contributed by atoms with van der Waals surface area (Å²) in [6, 6.07) is 6.08. The van der Waals surface area contributed by atoms with Crippen molar-refractivity contribution < 1.29 is 18.9 Å². The van der Waals surface area contributed by atoms with E-state index < -0.39 is 0 Å². The van der Waals surface area contributed by atoms with Gasteiger partial charge in [0, 0.05) is 58.4 Å². The Morgan fingerprint density at radius 3 is 2.40 bits per heavy atom. The topological polar surface area (TPSA) is 43.4 Å². The van der Waals surface area contributed by atoms with Crippen LogP contribution in [0.3, 0.4) is 0 Å². The molecule has 0 radical (unpaired) electrons. The van der Waals surface area contributed by atoms with Gasteiger partial charge in [0.1, 0.15) is 11.5 Å². The minimum absolute atomic E-state index is 0.333. The Labute approximate surface area is 150 Å². The molecule has 1 aromatic rings. The zero-order valence-corrected chi connectivity index (χ0v) is 15.6. The van der Waals surface area contributed by atoms with Crippen molar-refractivity contribution in [1.29, 1.82) is 0 Å². The van der Waals surface area contributed by atoms with E-state index in [9.17, 15) is 0 Å². The molecular weight excluding hydrogens is 320 g/mol. The summed E-state index contributed by atoms with van der Waals surface area (Å²) >= 11 is 0. The van der Waals surface area contributed by atoms with Gasteiger partial charge in [-0.3, -0.25) is 9.80 Å². The molecule has 3 rings (SSSR count). The Bertz CT molecular complexity index is 530. The second kappa shape index (κ2) is 8.85. The number of likely N-dealkylation sites (tertiary alicyclic amines) is 1. The van der Waals surface area contributed by atoms with Gasteiger partial charge in [-0.1, -0.05) is 0 Å². The van der Waals surface area contributed by atoms with E-state index in [1.165, 1.54) is 5.56 Å². The van der Waals surface area contributed by atoms with Crippen molar-refractivity contribution in [3.8, 4) is 11.5 Å². The van der Waals surface area contributed by atoms with Gasteiger partial charge in [0.25, 0.3) is 0 Å². The first-order valence-corrected chi connectivity index (χ1v) is 8.99. The molecule has 0 N–H and O–H groups in total. The molecule has 0 spiro atoms. The predicted molar refractivity (Wildman–Crippen MR) is 96.4 cm³/mol. The maximum absolute atomic E-state index is 6.12. The number of ether oxygens (including phenoxy) is 4. The van der Waals surface area contributed by atoms with Crippen molar-refractivity contribution in [2.45, 2.75) is 12.6 Å². The highest BCUT2D eigenvalue weighted by Gasteiger charge is 2.36. The highest BCUT2D eigenvalue weighted by atomic mass is 16.5. The Hall–Kier alpha value is -1.34. The van der Waals surface area contributed by atoms with Crippen molar-refractivity contribution in [2.24, 2.45) is 5.92 Å². The average Bonchev–Trinajstić information content (AvgIpc) is 2.89. The van der Waals surface area contributed by atoms with Crippen LogP contribution in [0, 0.1) is 5.92 Å². The van der Waals surface area contributed by atoms with E-state index in [-0.39, 0.29) is 0 Å². The molecule has 25 heavy (non-hydrogen) atoms. The van der Waals surface area contributed by atoms with Crippen molar-refractivity contribution >= 4 is 0 Å². The lowest BCUT2D eigenvalue weighted by Crippen LogP contribution is -2.34. The number of benzene rings is 1. The summed E-state index contributed by atoms with van der Waals surface area (Å²) in [5.41, 5.74) is 1.21. The quantitative estimate of drug-likeness (QED) is 0.742. The average molecular weight is 350 g/mol. The van der Waals surface area contributed by atoms with Crippen LogP contribution in [0.25, 0.3) is 0 Å². The van der Waals surface area contributed by atoms with Crippen LogP contribution in [0.2, 0.25) is 0 Å². The van der Waals surface area contributed by atoms with E-state index in [2.05, 4.69) is 21.9 Å². The third-order valence-corrected chi connectivity index (χ3v) is 5.12. The van der Waals surface area contributed by atoms with E-state index in [0.29, 0.717) is 12.0 Å². The molecule has 2 aliphatic rings. The lowest BCUT2D eigenvalue weighted by Gasteiger charge is -2.23. The van der Waals surface area contributed by atoms with E-state index >= 15 is 0 Å². The Kier molecular flexibility index (Phi) is 6.53. The second-order valence-corrected chi connectivity index (χ2v) is 6.88. The second-order valence-electron chi connectivity index (χ2n) is 6.88. The molecule has 2 aliphatic heterocycles. The number of nitrogens with zero attached hydrogens (tertiary/aromatic N) is 2. The third kappa shape index (κ3) is 4.85. The summed E-state index contributed by atoms with van der Waals surface area (Å²) in [6.45, 7) is 7.61. The number of hydrogen-bond donors (Lipinski definition) is 0. The molecule has 6 heteroatoms. The number of hydrogen-bond acceptors (Lipinski definition) is 6. The van der Waals surface area contributed by atoms with Crippen LogP contribution in [0.1, 0.15) is 5.56 Å². The number of fused-ring (bicyclic) bond motifs is 1. The van der Waals surface area contributed by atoms with Gasteiger partial charge in [-0.05, 0) is 17.7 Å². The predicted octanol–water partition coefficient (Wildman–Crippen LogP) is 1.48. The molecule has 1 aromatic carbocycles. The Morgan fingerprint density at radius 2 is 1.72 bits per heavy atom. The van der Waals surface area contributed by atoms with E-state index in [0.717, 1.165) is 64.0 Å². The number of methoxy groups -OCH3 is 3. The summed E-state index contributed by atoms with van der Waals surface area (Å²) in [5, 5.41) is 0. The summed E-state index contributed by atoms with van der Waals surface area (Å²) in [4.78, 5) is 4.94. The van der Waals surface area contributed by atoms with Crippen molar-refractivity contribution in [1.82, 2.24) is 9.80 Å². The zero-order valence-electron chi connectivity index (χ0n) is 15.6. The lowest BCUT2D eigenvalue weighted by atomic mass is 10.1. The first-order valence-electron chi connectivity index (χ1n) is 8.99. The van der Waals surface area contributed by atoms with Crippen LogP contribution < -0.4 is 9.47 Å². The molecule has 2 heterocycles. The van der Waals surface area contributed by atoms with Gasteiger partial charge in [-0.25, -0.2) is 0 Å². The monoisotopic (exact) mass is 350 g/mol. The molecule has 2 atom stereocenters. The molecule has 2 saturated heterocycles. The molecule has 0 unspecified atom stereocenters. The van der Waals surface area contributed by atoms with Crippen LogP contribution >= 0.6 is 0 Å². The van der Waals surface area contributed by atoms with Crippen LogP contribution in [0.4, 0.5) is 0 Å². The molecule has 6 nitrogen and oxygen atoms in total. The lowest BCUT2D eigenvalue weighted by molar-refractivity contribution is 0.0507. The van der Waals surface area contributed by atoms with Crippen LogP contribution in [0.15, 0.2) is 18.2 Å². The minimum atomic E-state index is 0.333. The van der Waals surface area contributed by atoms with Gasteiger partial charge in [0.15, 0.2) is 0 Å². The summed E-state index contributed by atoms with van der Waals surface area (Å²) in [6.07, 6.45) is 0.333. The normalized spacial score (nSPS) is 24.8. The fraction of sp³-hybridized carbons (Fsp3) is 0.684. The Balaban J connectivity index is 1.61. The van der Waals surface area contributed by atoms with Gasteiger partial charge in [-0.15, -0.1) is 0 Å². The number of rotatable bonds is 7. The molecule has 0 aliphatic carbocycles. The van der Waals surface area contributed by atoms with Crippen LogP contribution in [-0.2, 0) is 16.0 Å². The van der Waals surface area contributed by atoms with Gasteiger partial charge < -0.3 is 18.9 Å². The molecular formula is C19H30N2O4. The SMILES string of the molecule is COCCN1CCO[C@@H]2CN(Cc3cc(OC)cc(OC)c3)C[C@@H]2C1. The minimum Gasteiger partial charge on any atom is -0.497 e. The zero-order chi connectivity index (χ0) is 17.6. The van der Waals surface area contributed by atoms with Gasteiger partial charge >= 0.3 is 0 Å². The summed E-state index contributed by atoms with van der Waals surface area (Å²) in [7, 11) is 5.14. The Morgan fingerprint density at radius 1 is 1.00 bits per heavy atom. The first-order chi connectivity index (χ1) is 12.2. The van der Waals surface area contributed by atoms with E-state index in [4.69, 9.17) is 18.9 Å². The molecule has 0 aromatic heterocycles. The van der Waals surface area contributed by atoms with E-state index in [1.807, 2.05) is 6.07 Å². The molecule has 140 valence electrons. The van der Waals surface area contributed by atoms with Gasteiger partial charge in [0.05, 0.1) is 33.5 Å². The van der Waals surface area contributed by atoms with Crippen molar-refractivity contribution in [2.75, 3.05) is 67.3 Å². The largest absolute Gasteiger partial charge is 0.497 e. The highest BCUT2D eigenvalue weighted by Crippen LogP contribution is 2.28. The molecule has 2 fully saturated rings. The molecule has 0 amide bonds. The van der Waals surface area contributed by atoms with E-state index in [1.54, 1.807) is 21.3 Å².